The Hall–Kier alpha value is -1.95. The van der Waals surface area contributed by atoms with E-state index in [1.54, 1.807) is 4.90 Å². The Morgan fingerprint density at radius 1 is 1.44 bits per heavy atom. The quantitative estimate of drug-likeness (QED) is 0.759. The molecule has 2 amide bonds. The number of carbonyl (C=O) groups excluding carboxylic acids is 2. The van der Waals surface area contributed by atoms with E-state index >= 15 is 0 Å². The van der Waals surface area contributed by atoms with Gasteiger partial charge in [-0.05, 0) is 6.07 Å². The highest BCUT2D eigenvalue weighted by Gasteiger charge is 2.50. The highest BCUT2D eigenvalue weighted by atomic mass is 16.5. The Morgan fingerprint density at radius 3 is 2.72 bits per heavy atom. The molecule has 2 fully saturated rings. The van der Waals surface area contributed by atoms with Crippen LogP contribution in [0.15, 0.2) is 12.3 Å². The molecule has 0 aromatic carbocycles. The van der Waals surface area contributed by atoms with Crippen molar-refractivity contribution < 1.29 is 14.3 Å². The van der Waals surface area contributed by atoms with Crippen molar-refractivity contribution in [1.82, 2.24) is 9.88 Å². The van der Waals surface area contributed by atoms with Gasteiger partial charge in [0.05, 0.1) is 24.2 Å². The average Bonchev–Trinajstić information content (AvgIpc) is 2.25. The van der Waals surface area contributed by atoms with E-state index in [0.29, 0.717) is 18.7 Å². The van der Waals surface area contributed by atoms with Crippen molar-refractivity contribution in [2.24, 2.45) is 11.1 Å². The largest absolute Gasteiger partial charge is 0.380 e. The van der Waals surface area contributed by atoms with Crippen LogP contribution in [0.3, 0.4) is 0 Å². The van der Waals surface area contributed by atoms with Gasteiger partial charge in [-0.1, -0.05) is 0 Å². The summed E-state index contributed by atoms with van der Waals surface area (Å²) in [6, 6.07) is 4.19. The maximum absolute atomic E-state index is 12.1. The Bertz CT molecular complexity index is 517. The van der Waals surface area contributed by atoms with Crippen LogP contribution in [0.4, 0.5) is 0 Å². The zero-order valence-electron chi connectivity index (χ0n) is 9.68. The normalized spacial score (nSPS) is 20.1. The number of carbonyl (C=O) groups is 2. The van der Waals surface area contributed by atoms with Crippen LogP contribution in [-0.4, -0.2) is 48.0 Å². The van der Waals surface area contributed by atoms with E-state index in [9.17, 15) is 9.59 Å². The molecule has 1 radical (unpaired) electrons. The number of primary amides is 1. The summed E-state index contributed by atoms with van der Waals surface area (Å²) in [7, 11) is 0. The Balaban J connectivity index is 1.73. The number of ether oxygens (including phenoxy) is 1. The van der Waals surface area contributed by atoms with Gasteiger partial charge < -0.3 is 15.4 Å². The molecule has 3 heterocycles. The van der Waals surface area contributed by atoms with E-state index < -0.39 is 5.91 Å². The van der Waals surface area contributed by atoms with E-state index in [-0.39, 0.29) is 17.0 Å². The number of likely N-dealkylation sites (tertiary alicyclic amines) is 1. The molecule has 0 saturated carbocycles. The number of nitrogens with two attached hydrogens (primary N) is 1. The molecule has 3 rings (SSSR count). The van der Waals surface area contributed by atoms with Crippen LogP contribution in [0, 0.1) is 11.5 Å². The molecule has 2 N–H and O–H groups in total. The van der Waals surface area contributed by atoms with E-state index in [2.05, 4.69) is 11.1 Å². The van der Waals surface area contributed by atoms with Crippen molar-refractivity contribution in [3.63, 3.8) is 0 Å². The fraction of sp³-hybridized carbons (Fsp3) is 0.417. The van der Waals surface area contributed by atoms with Crippen molar-refractivity contribution in [3.8, 4) is 0 Å². The number of rotatable bonds is 2. The summed E-state index contributed by atoms with van der Waals surface area (Å²) in [5.74, 6) is -0.824. The predicted octanol–water partition coefficient (Wildman–Crippen LogP) is -0.547. The van der Waals surface area contributed by atoms with Gasteiger partial charge >= 0.3 is 0 Å². The summed E-state index contributed by atoms with van der Waals surface area (Å²) >= 11 is 0. The van der Waals surface area contributed by atoms with Crippen molar-refractivity contribution in [1.29, 1.82) is 0 Å². The maximum atomic E-state index is 12.1. The first-order chi connectivity index (χ1) is 8.60. The number of hydrogen-bond acceptors (Lipinski definition) is 4. The van der Waals surface area contributed by atoms with Gasteiger partial charge in [0.2, 0.25) is 0 Å². The lowest BCUT2D eigenvalue weighted by Gasteiger charge is -2.54. The summed E-state index contributed by atoms with van der Waals surface area (Å²) < 4.78 is 5.15. The third-order valence-electron chi connectivity index (χ3n) is 3.32. The van der Waals surface area contributed by atoms with E-state index in [0.717, 1.165) is 13.2 Å². The lowest BCUT2D eigenvalue weighted by Crippen LogP contribution is -2.67. The van der Waals surface area contributed by atoms with Gasteiger partial charge in [-0.25, -0.2) is 0 Å². The van der Waals surface area contributed by atoms with Gasteiger partial charge in [-0.3, -0.25) is 14.6 Å². The lowest BCUT2D eigenvalue weighted by atomic mass is 9.78. The zero-order valence-corrected chi connectivity index (χ0v) is 9.68. The Morgan fingerprint density at radius 2 is 2.17 bits per heavy atom. The van der Waals surface area contributed by atoms with Crippen LogP contribution in [0.5, 0.6) is 0 Å². The smallest absolute Gasteiger partial charge is 0.267 e. The molecular formula is C12H12N3O3. The predicted molar refractivity (Wildman–Crippen MR) is 60.7 cm³/mol. The molecule has 6 nitrogen and oxygen atoms in total. The molecule has 18 heavy (non-hydrogen) atoms. The van der Waals surface area contributed by atoms with Crippen molar-refractivity contribution >= 4 is 11.8 Å². The van der Waals surface area contributed by atoms with Crippen LogP contribution >= 0.6 is 0 Å². The fourth-order valence-corrected chi connectivity index (χ4v) is 2.29. The maximum Gasteiger partial charge on any atom is 0.267 e. The highest BCUT2D eigenvalue weighted by molar-refractivity contribution is 5.97. The average molecular weight is 246 g/mol. The number of amides is 2. The Labute approximate surface area is 104 Å². The topological polar surface area (TPSA) is 85.5 Å². The molecular weight excluding hydrogens is 234 g/mol. The minimum absolute atomic E-state index is 0.0111. The summed E-state index contributed by atoms with van der Waals surface area (Å²) in [4.78, 5) is 28.6. The first-order valence-electron chi connectivity index (χ1n) is 5.65. The molecule has 0 bridgehead atoms. The van der Waals surface area contributed by atoms with Gasteiger partial charge in [0.25, 0.3) is 11.8 Å². The van der Waals surface area contributed by atoms with Gasteiger partial charge in [-0.15, -0.1) is 0 Å². The zero-order chi connectivity index (χ0) is 12.8. The molecule has 0 aliphatic carbocycles. The molecule has 2 aliphatic heterocycles. The highest BCUT2D eigenvalue weighted by Crippen LogP contribution is 2.38. The molecule has 1 aromatic rings. The van der Waals surface area contributed by atoms with E-state index in [1.807, 2.05) is 0 Å². The van der Waals surface area contributed by atoms with Gasteiger partial charge in [0.15, 0.2) is 0 Å². The van der Waals surface area contributed by atoms with Gasteiger partial charge in [0, 0.05) is 25.4 Å². The molecule has 1 spiro atoms. The first kappa shape index (κ1) is 11.2. The summed E-state index contributed by atoms with van der Waals surface area (Å²) in [5.41, 5.74) is 5.60. The van der Waals surface area contributed by atoms with E-state index in [1.165, 1.54) is 12.3 Å². The third-order valence-corrected chi connectivity index (χ3v) is 3.32. The van der Waals surface area contributed by atoms with Crippen LogP contribution in [-0.2, 0) is 4.74 Å². The SMILES string of the molecule is NC(=O)c1[c]c(C(=O)N2CC3(COC3)C2)ccn1. The van der Waals surface area contributed by atoms with Crippen molar-refractivity contribution in [3.05, 3.63) is 29.6 Å². The first-order valence-corrected chi connectivity index (χ1v) is 5.65. The summed E-state index contributed by atoms with van der Waals surface area (Å²) in [6.07, 6.45) is 1.39. The van der Waals surface area contributed by atoms with Crippen LogP contribution in [0.1, 0.15) is 20.8 Å². The molecule has 6 heteroatoms. The van der Waals surface area contributed by atoms with Crippen molar-refractivity contribution in [2.45, 2.75) is 0 Å². The van der Waals surface area contributed by atoms with E-state index in [4.69, 9.17) is 10.5 Å². The monoisotopic (exact) mass is 246 g/mol. The van der Waals surface area contributed by atoms with Crippen LogP contribution < -0.4 is 5.73 Å². The van der Waals surface area contributed by atoms with Crippen LogP contribution in [0.2, 0.25) is 0 Å². The van der Waals surface area contributed by atoms with Gasteiger partial charge in [-0.2, -0.15) is 0 Å². The fourth-order valence-electron chi connectivity index (χ4n) is 2.29. The molecule has 93 valence electrons. The molecule has 1 aromatic heterocycles. The second-order valence-electron chi connectivity index (χ2n) is 4.85. The lowest BCUT2D eigenvalue weighted by molar-refractivity contribution is -0.176. The second-order valence-corrected chi connectivity index (χ2v) is 4.85. The number of pyridine rings is 1. The van der Waals surface area contributed by atoms with Gasteiger partial charge in [0.1, 0.15) is 5.69 Å². The molecule has 0 unspecified atom stereocenters. The molecule has 0 atom stereocenters. The summed E-state index contributed by atoms with van der Waals surface area (Å²) in [6.45, 7) is 2.86. The van der Waals surface area contributed by atoms with Crippen LogP contribution in [0.25, 0.3) is 0 Å². The Kier molecular flexibility index (Phi) is 2.34. The molecule has 2 aliphatic rings. The molecule has 2 saturated heterocycles. The minimum Gasteiger partial charge on any atom is -0.380 e. The summed E-state index contributed by atoms with van der Waals surface area (Å²) in [5, 5.41) is 0. The minimum atomic E-state index is -0.683. The number of hydrogen-bond donors (Lipinski definition) is 1. The standard InChI is InChI=1S/C12H12N3O3/c13-10(16)9-3-8(1-2-14-9)11(17)15-4-12(5-15)6-18-7-12/h1-2H,4-7H2,(H2,13,16). The van der Waals surface area contributed by atoms with Crippen molar-refractivity contribution in [2.75, 3.05) is 26.3 Å². The number of aromatic nitrogens is 1. The number of nitrogens with zero attached hydrogens (tertiary/aromatic N) is 2. The third kappa shape index (κ3) is 1.65. The second kappa shape index (κ2) is 3.78.